The van der Waals surface area contributed by atoms with Gasteiger partial charge in [0.1, 0.15) is 0 Å². The number of carbonyl (C=O) groups excluding carboxylic acids is 1. The number of benzene rings is 2. The Hall–Kier alpha value is -2.82. The minimum Gasteiger partial charge on any atom is -0.478 e. The SMILES string of the molecule is Cc1ccc(C(=O)Nc2cc(C(=O)O)ccc2C)cc1N. The number of nitrogens with two attached hydrogens (primary N) is 1. The van der Waals surface area contributed by atoms with E-state index < -0.39 is 5.97 Å². The van der Waals surface area contributed by atoms with Gasteiger partial charge >= 0.3 is 5.97 Å². The molecule has 0 unspecified atom stereocenters. The van der Waals surface area contributed by atoms with Crippen LogP contribution in [-0.2, 0) is 0 Å². The Balaban J connectivity index is 2.28. The van der Waals surface area contributed by atoms with Gasteiger partial charge in [0.2, 0.25) is 0 Å². The Morgan fingerprint density at radius 1 is 1.00 bits per heavy atom. The first-order valence-electron chi connectivity index (χ1n) is 6.40. The van der Waals surface area contributed by atoms with Crippen LogP contribution in [0.25, 0.3) is 0 Å². The number of amides is 1. The third-order valence-electron chi connectivity index (χ3n) is 3.27. The Labute approximate surface area is 122 Å². The van der Waals surface area contributed by atoms with Crippen LogP contribution in [0.5, 0.6) is 0 Å². The molecule has 5 heteroatoms. The number of aromatic carboxylic acids is 1. The second-order valence-electron chi connectivity index (χ2n) is 4.86. The molecule has 0 heterocycles. The minimum atomic E-state index is -1.04. The van der Waals surface area contributed by atoms with E-state index in [1.165, 1.54) is 12.1 Å². The van der Waals surface area contributed by atoms with Crippen LogP contribution in [0.3, 0.4) is 0 Å². The molecule has 0 saturated heterocycles. The van der Waals surface area contributed by atoms with E-state index in [4.69, 9.17) is 10.8 Å². The number of rotatable bonds is 3. The Kier molecular flexibility index (Phi) is 3.93. The van der Waals surface area contributed by atoms with Crippen molar-refractivity contribution in [3.05, 3.63) is 58.7 Å². The van der Waals surface area contributed by atoms with Crippen LogP contribution in [0.1, 0.15) is 31.8 Å². The van der Waals surface area contributed by atoms with Crippen LogP contribution >= 0.6 is 0 Å². The maximum atomic E-state index is 12.2. The Morgan fingerprint density at radius 2 is 1.62 bits per heavy atom. The van der Waals surface area contributed by atoms with Gasteiger partial charge in [0.25, 0.3) is 5.91 Å². The van der Waals surface area contributed by atoms with E-state index in [9.17, 15) is 9.59 Å². The fourth-order valence-electron chi connectivity index (χ4n) is 1.87. The van der Waals surface area contributed by atoms with E-state index >= 15 is 0 Å². The van der Waals surface area contributed by atoms with Crippen LogP contribution < -0.4 is 11.1 Å². The maximum Gasteiger partial charge on any atom is 0.335 e. The van der Waals surface area contributed by atoms with Crippen LogP contribution in [0.4, 0.5) is 11.4 Å². The van der Waals surface area contributed by atoms with E-state index in [-0.39, 0.29) is 11.5 Å². The number of nitrogens with one attached hydrogen (secondary N) is 1. The van der Waals surface area contributed by atoms with Crippen molar-refractivity contribution >= 4 is 23.3 Å². The lowest BCUT2D eigenvalue weighted by Crippen LogP contribution is -2.14. The molecule has 0 fully saturated rings. The van der Waals surface area contributed by atoms with Crippen molar-refractivity contribution in [2.75, 3.05) is 11.1 Å². The van der Waals surface area contributed by atoms with Crippen molar-refractivity contribution < 1.29 is 14.7 Å². The number of carboxylic acid groups (broad SMARTS) is 1. The minimum absolute atomic E-state index is 0.124. The summed E-state index contributed by atoms with van der Waals surface area (Å²) in [4.78, 5) is 23.2. The van der Waals surface area contributed by atoms with Crippen molar-refractivity contribution in [3.8, 4) is 0 Å². The van der Waals surface area contributed by atoms with Gasteiger partial charge < -0.3 is 16.2 Å². The molecule has 0 spiro atoms. The van der Waals surface area contributed by atoms with E-state index in [0.29, 0.717) is 16.9 Å². The van der Waals surface area contributed by atoms with E-state index in [0.717, 1.165) is 11.1 Å². The molecule has 0 aromatic heterocycles. The first-order valence-corrected chi connectivity index (χ1v) is 6.40. The molecule has 21 heavy (non-hydrogen) atoms. The third kappa shape index (κ3) is 3.20. The normalized spacial score (nSPS) is 10.2. The number of anilines is 2. The number of carboxylic acids is 1. The summed E-state index contributed by atoms with van der Waals surface area (Å²) < 4.78 is 0. The molecule has 0 atom stereocenters. The van der Waals surface area contributed by atoms with Gasteiger partial charge in [-0.2, -0.15) is 0 Å². The fourth-order valence-corrected chi connectivity index (χ4v) is 1.87. The summed E-state index contributed by atoms with van der Waals surface area (Å²) in [6.45, 7) is 3.66. The summed E-state index contributed by atoms with van der Waals surface area (Å²) in [5.41, 5.74) is 9.04. The molecule has 4 N–H and O–H groups in total. The predicted octanol–water partition coefficient (Wildman–Crippen LogP) is 2.84. The van der Waals surface area contributed by atoms with Crippen molar-refractivity contribution in [1.29, 1.82) is 0 Å². The Morgan fingerprint density at radius 3 is 2.24 bits per heavy atom. The molecular formula is C16H16N2O3. The first kappa shape index (κ1) is 14.6. The molecule has 2 aromatic rings. The fraction of sp³-hybridized carbons (Fsp3) is 0.125. The molecule has 0 radical (unpaired) electrons. The lowest BCUT2D eigenvalue weighted by Gasteiger charge is -2.10. The monoisotopic (exact) mass is 284 g/mol. The lowest BCUT2D eigenvalue weighted by atomic mass is 10.1. The number of aryl methyl sites for hydroxylation is 2. The third-order valence-corrected chi connectivity index (χ3v) is 3.27. The highest BCUT2D eigenvalue weighted by molar-refractivity contribution is 6.05. The second-order valence-corrected chi connectivity index (χ2v) is 4.86. The summed E-state index contributed by atoms with van der Waals surface area (Å²) in [5.74, 6) is -1.36. The lowest BCUT2D eigenvalue weighted by molar-refractivity contribution is 0.0696. The molecule has 2 rings (SSSR count). The molecule has 0 aliphatic rings. The zero-order chi connectivity index (χ0) is 15.6. The average Bonchev–Trinajstić information content (AvgIpc) is 2.43. The van der Waals surface area contributed by atoms with Crippen LogP contribution in [0, 0.1) is 13.8 Å². The van der Waals surface area contributed by atoms with E-state index in [1.807, 2.05) is 6.92 Å². The largest absolute Gasteiger partial charge is 0.478 e. The zero-order valence-electron chi connectivity index (χ0n) is 11.8. The van der Waals surface area contributed by atoms with Gasteiger partial charge in [-0.05, 0) is 49.2 Å². The number of carbonyl (C=O) groups is 2. The zero-order valence-corrected chi connectivity index (χ0v) is 11.8. The molecule has 0 aliphatic heterocycles. The molecular weight excluding hydrogens is 268 g/mol. The van der Waals surface area contributed by atoms with Gasteiger partial charge in [0, 0.05) is 16.9 Å². The molecule has 2 aromatic carbocycles. The highest BCUT2D eigenvalue weighted by atomic mass is 16.4. The number of hydrogen-bond donors (Lipinski definition) is 3. The van der Waals surface area contributed by atoms with E-state index in [1.54, 1.807) is 31.2 Å². The van der Waals surface area contributed by atoms with Gasteiger partial charge in [-0.25, -0.2) is 4.79 Å². The summed E-state index contributed by atoms with van der Waals surface area (Å²) >= 11 is 0. The topological polar surface area (TPSA) is 92.4 Å². The van der Waals surface area contributed by atoms with E-state index in [2.05, 4.69) is 5.32 Å². The predicted molar refractivity (Wildman–Crippen MR) is 81.7 cm³/mol. The first-order chi connectivity index (χ1) is 9.88. The van der Waals surface area contributed by atoms with Gasteiger partial charge in [0.05, 0.1) is 5.56 Å². The molecule has 0 bridgehead atoms. The number of nitrogen functional groups attached to an aromatic ring is 1. The molecule has 0 saturated carbocycles. The quantitative estimate of drug-likeness (QED) is 0.756. The van der Waals surface area contributed by atoms with Crippen molar-refractivity contribution in [1.82, 2.24) is 0 Å². The summed E-state index contributed by atoms with van der Waals surface area (Å²) in [7, 11) is 0. The molecule has 5 nitrogen and oxygen atoms in total. The molecule has 1 amide bonds. The van der Waals surface area contributed by atoms with Gasteiger partial charge in [-0.1, -0.05) is 12.1 Å². The van der Waals surface area contributed by atoms with Crippen molar-refractivity contribution in [3.63, 3.8) is 0 Å². The second kappa shape index (κ2) is 5.66. The highest BCUT2D eigenvalue weighted by Gasteiger charge is 2.11. The average molecular weight is 284 g/mol. The molecule has 108 valence electrons. The van der Waals surface area contributed by atoms with Crippen LogP contribution in [-0.4, -0.2) is 17.0 Å². The van der Waals surface area contributed by atoms with Gasteiger partial charge in [0.15, 0.2) is 0 Å². The smallest absolute Gasteiger partial charge is 0.335 e. The Bertz CT molecular complexity index is 723. The van der Waals surface area contributed by atoms with Crippen molar-refractivity contribution in [2.45, 2.75) is 13.8 Å². The van der Waals surface area contributed by atoms with Gasteiger partial charge in [-0.3, -0.25) is 4.79 Å². The maximum absolute atomic E-state index is 12.2. The highest BCUT2D eigenvalue weighted by Crippen LogP contribution is 2.19. The standard InChI is InChI=1S/C16H16N2O3/c1-9-3-5-11(7-13(9)17)15(19)18-14-8-12(16(20)21)6-4-10(14)2/h3-8H,17H2,1-2H3,(H,18,19)(H,20,21). The summed E-state index contributed by atoms with van der Waals surface area (Å²) in [6.07, 6.45) is 0. The van der Waals surface area contributed by atoms with Crippen LogP contribution in [0.2, 0.25) is 0 Å². The van der Waals surface area contributed by atoms with Crippen LogP contribution in [0.15, 0.2) is 36.4 Å². The van der Waals surface area contributed by atoms with Crippen molar-refractivity contribution in [2.24, 2.45) is 0 Å². The van der Waals surface area contributed by atoms with Gasteiger partial charge in [-0.15, -0.1) is 0 Å². The summed E-state index contributed by atoms with van der Waals surface area (Å²) in [6, 6.07) is 9.64. The number of hydrogen-bond acceptors (Lipinski definition) is 3. The summed E-state index contributed by atoms with van der Waals surface area (Å²) in [5, 5.41) is 11.7. The molecule has 0 aliphatic carbocycles.